The maximum atomic E-state index is 13.0. The Kier molecular flexibility index (Phi) is 3.97. The zero-order chi connectivity index (χ0) is 17.4. The number of rotatable bonds is 1. The molecule has 0 fully saturated rings. The highest BCUT2D eigenvalue weighted by Crippen LogP contribution is 2.17. The van der Waals surface area contributed by atoms with Crippen molar-refractivity contribution < 1.29 is 0 Å². The lowest BCUT2D eigenvalue weighted by Gasteiger charge is -2.30. The number of para-hydroxylation sites is 1. The Morgan fingerprint density at radius 2 is 1.96 bits per heavy atom. The van der Waals surface area contributed by atoms with E-state index in [0.717, 1.165) is 29.2 Å². The predicted molar refractivity (Wildman–Crippen MR) is 103 cm³/mol. The Morgan fingerprint density at radius 3 is 2.76 bits per heavy atom. The molecule has 126 valence electrons. The highest BCUT2D eigenvalue weighted by atomic mass is 32.1. The number of nitrogens with zero attached hydrogens (tertiary/aromatic N) is 3. The van der Waals surface area contributed by atoms with Gasteiger partial charge in [-0.25, -0.2) is 4.98 Å². The van der Waals surface area contributed by atoms with Crippen molar-refractivity contribution in [2.45, 2.75) is 19.9 Å². The molecule has 0 radical (unpaired) electrons. The minimum absolute atomic E-state index is 0.00492. The van der Waals surface area contributed by atoms with Gasteiger partial charge in [0.15, 0.2) is 5.11 Å². The van der Waals surface area contributed by atoms with E-state index in [-0.39, 0.29) is 5.56 Å². The van der Waals surface area contributed by atoms with Crippen molar-refractivity contribution in [3.8, 4) is 0 Å². The van der Waals surface area contributed by atoms with Crippen LogP contribution in [0, 0.1) is 6.92 Å². The number of nitrogens with one attached hydrogen (secondary N) is 1. The molecular weight excluding hydrogens is 332 g/mol. The van der Waals surface area contributed by atoms with E-state index in [1.165, 1.54) is 0 Å². The van der Waals surface area contributed by atoms with Gasteiger partial charge >= 0.3 is 0 Å². The van der Waals surface area contributed by atoms with Gasteiger partial charge in [0.2, 0.25) is 0 Å². The van der Waals surface area contributed by atoms with Crippen LogP contribution in [0.3, 0.4) is 0 Å². The molecule has 0 unspecified atom stereocenters. The fraction of sp³-hybridized carbons (Fsp3) is 0.211. The normalized spacial score (nSPS) is 13.6. The maximum absolute atomic E-state index is 13.0. The van der Waals surface area contributed by atoms with Gasteiger partial charge in [0.05, 0.1) is 17.8 Å². The maximum Gasteiger partial charge on any atom is 0.263 e. The van der Waals surface area contributed by atoms with E-state index in [1.807, 2.05) is 60.4 Å². The SMILES string of the molecule is Cc1cccc2nc3c(c(=O)n12)CN(C(=S)Nc1ccccc1)CC3. The molecule has 1 N–H and O–H groups in total. The van der Waals surface area contributed by atoms with Crippen molar-refractivity contribution in [1.82, 2.24) is 14.3 Å². The van der Waals surface area contributed by atoms with Gasteiger partial charge in [0.25, 0.3) is 5.56 Å². The number of aryl methyl sites for hydroxylation is 1. The summed E-state index contributed by atoms with van der Waals surface area (Å²) in [6.07, 6.45) is 0.714. The standard InChI is InChI=1S/C19H18N4OS/c1-13-6-5-9-17-21-16-10-11-22(12-15(16)18(24)23(13)17)19(25)20-14-7-3-2-4-8-14/h2-9H,10-12H2,1H3,(H,20,25). The minimum atomic E-state index is 0.00492. The number of hydrogen-bond donors (Lipinski definition) is 1. The third kappa shape index (κ3) is 2.89. The van der Waals surface area contributed by atoms with Crippen LogP contribution < -0.4 is 10.9 Å². The molecule has 0 bridgehead atoms. The summed E-state index contributed by atoms with van der Waals surface area (Å²) in [6.45, 7) is 3.15. The number of anilines is 1. The van der Waals surface area contributed by atoms with Gasteiger partial charge in [-0.05, 0) is 43.4 Å². The predicted octanol–water partition coefficient (Wildman–Crippen LogP) is 2.76. The zero-order valence-electron chi connectivity index (χ0n) is 13.9. The molecule has 2 aromatic heterocycles. The first-order valence-corrected chi connectivity index (χ1v) is 8.65. The highest BCUT2D eigenvalue weighted by Gasteiger charge is 2.23. The lowest BCUT2D eigenvalue weighted by Crippen LogP contribution is -2.42. The third-order valence-corrected chi connectivity index (χ3v) is 4.86. The summed E-state index contributed by atoms with van der Waals surface area (Å²) in [5.74, 6) is 0. The van der Waals surface area contributed by atoms with E-state index in [4.69, 9.17) is 12.2 Å². The van der Waals surface area contributed by atoms with Crippen LogP contribution in [0.4, 0.5) is 5.69 Å². The van der Waals surface area contributed by atoms with E-state index < -0.39 is 0 Å². The average Bonchev–Trinajstić information content (AvgIpc) is 2.62. The number of fused-ring (bicyclic) bond motifs is 2. The number of benzene rings is 1. The van der Waals surface area contributed by atoms with Crippen molar-refractivity contribution in [1.29, 1.82) is 0 Å². The molecule has 5 nitrogen and oxygen atoms in total. The lowest BCUT2D eigenvalue weighted by molar-refractivity contribution is 0.391. The van der Waals surface area contributed by atoms with Crippen molar-refractivity contribution in [3.63, 3.8) is 0 Å². The quantitative estimate of drug-likeness (QED) is 0.684. The molecule has 1 aliphatic heterocycles. The largest absolute Gasteiger partial charge is 0.344 e. The van der Waals surface area contributed by atoms with E-state index in [9.17, 15) is 4.79 Å². The summed E-state index contributed by atoms with van der Waals surface area (Å²) >= 11 is 5.54. The number of aromatic nitrogens is 2. The Morgan fingerprint density at radius 1 is 1.16 bits per heavy atom. The summed E-state index contributed by atoms with van der Waals surface area (Å²) < 4.78 is 1.68. The van der Waals surface area contributed by atoms with Gasteiger partial charge in [0, 0.05) is 24.3 Å². The van der Waals surface area contributed by atoms with Gasteiger partial charge in [0.1, 0.15) is 5.65 Å². The molecule has 3 heterocycles. The third-order valence-electron chi connectivity index (χ3n) is 4.50. The van der Waals surface area contributed by atoms with Crippen molar-refractivity contribution in [3.05, 3.63) is 75.8 Å². The molecule has 0 spiro atoms. The monoisotopic (exact) mass is 350 g/mol. The fourth-order valence-corrected chi connectivity index (χ4v) is 3.47. The second-order valence-corrected chi connectivity index (χ2v) is 6.56. The Balaban J connectivity index is 1.66. The summed E-state index contributed by atoms with van der Waals surface area (Å²) in [6, 6.07) is 15.6. The molecule has 3 aromatic rings. The topological polar surface area (TPSA) is 49.6 Å². The zero-order valence-corrected chi connectivity index (χ0v) is 14.7. The minimum Gasteiger partial charge on any atom is -0.344 e. The van der Waals surface area contributed by atoms with E-state index >= 15 is 0 Å². The molecule has 1 aliphatic rings. The van der Waals surface area contributed by atoms with Crippen molar-refractivity contribution >= 4 is 28.7 Å². The lowest BCUT2D eigenvalue weighted by atomic mass is 10.1. The van der Waals surface area contributed by atoms with Crippen molar-refractivity contribution in [2.24, 2.45) is 0 Å². The number of thiocarbonyl (C=S) groups is 1. The molecular formula is C19H18N4OS. The smallest absolute Gasteiger partial charge is 0.263 e. The van der Waals surface area contributed by atoms with Crippen LogP contribution in [-0.4, -0.2) is 25.9 Å². The summed E-state index contributed by atoms with van der Waals surface area (Å²) in [5, 5.41) is 3.87. The van der Waals surface area contributed by atoms with Crippen LogP contribution in [-0.2, 0) is 13.0 Å². The molecule has 25 heavy (non-hydrogen) atoms. The van der Waals surface area contributed by atoms with Gasteiger partial charge < -0.3 is 10.2 Å². The van der Waals surface area contributed by atoms with E-state index in [1.54, 1.807) is 4.40 Å². The molecule has 0 saturated carbocycles. The molecule has 0 aliphatic carbocycles. The van der Waals surface area contributed by atoms with Crippen molar-refractivity contribution in [2.75, 3.05) is 11.9 Å². The number of hydrogen-bond acceptors (Lipinski definition) is 3. The van der Waals surface area contributed by atoms with Crippen LogP contribution >= 0.6 is 12.2 Å². The highest BCUT2D eigenvalue weighted by molar-refractivity contribution is 7.80. The first-order valence-electron chi connectivity index (χ1n) is 8.24. The number of pyridine rings is 1. The summed E-state index contributed by atoms with van der Waals surface area (Å²) in [4.78, 5) is 19.7. The molecule has 0 saturated heterocycles. The second kappa shape index (κ2) is 6.29. The summed E-state index contributed by atoms with van der Waals surface area (Å²) in [5.41, 5.74) is 4.17. The van der Waals surface area contributed by atoms with Gasteiger partial charge in [-0.15, -0.1) is 0 Å². The van der Waals surface area contributed by atoms with E-state index in [2.05, 4.69) is 10.3 Å². The molecule has 4 rings (SSSR count). The summed E-state index contributed by atoms with van der Waals surface area (Å²) in [7, 11) is 0. The first-order chi connectivity index (χ1) is 12.1. The molecule has 6 heteroatoms. The van der Waals surface area contributed by atoms with Crippen LogP contribution in [0.5, 0.6) is 0 Å². The van der Waals surface area contributed by atoms with Gasteiger partial charge in [-0.2, -0.15) is 0 Å². The van der Waals surface area contributed by atoms with E-state index in [0.29, 0.717) is 23.7 Å². The second-order valence-electron chi connectivity index (χ2n) is 6.17. The van der Waals surface area contributed by atoms with Gasteiger partial charge in [-0.3, -0.25) is 9.20 Å². The van der Waals surface area contributed by atoms with Gasteiger partial charge in [-0.1, -0.05) is 24.3 Å². The Labute approximate surface area is 150 Å². The fourth-order valence-electron chi connectivity index (χ4n) is 3.19. The Bertz CT molecular complexity index is 1010. The first kappa shape index (κ1) is 15.8. The van der Waals surface area contributed by atoms with Crippen LogP contribution in [0.1, 0.15) is 17.0 Å². The van der Waals surface area contributed by atoms with Crippen LogP contribution in [0.15, 0.2) is 53.3 Å². The Hall–Kier alpha value is -2.73. The van der Waals surface area contributed by atoms with Crippen LogP contribution in [0.25, 0.3) is 5.65 Å². The molecule has 0 atom stereocenters. The van der Waals surface area contributed by atoms with Crippen LogP contribution in [0.2, 0.25) is 0 Å². The molecule has 1 aromatic carbocycles. The average molecular weight is 350 g/mol. The molecule has 0 amide bonds.